The van der Waals surface area contributed by atoms with Crippen molar-refractivity contribution < 1.29 is 0 Å². The van der Waals surface area contributed by atoms with Gasteiger partial charge in [-0.05, 0) is 44.8 Å². The van der Waals surface area contributed by atoms with Crippen LogP contribution in [0.4, 0.5) is 0 Å². The summed E-state index contributed by atoms with van der Waals surface area (Å²) in [5.41, 5.74) is 0. The molecule has 2 saturated heterocycles. The van der Waals surface area contributed by atoms with Gasteiger partial charge in [0.2, 0.25) is 0 Å². The average Bonchev–Trinajstić information content (AvgIpc) is 2.69. The van der Waals surface area contributed by atoms with Gasteiger partial charge in [-0.1, -0.05) is 67.2 Å². The van der Waals surface area contributed by atoms with E-state index in [4.69, 9.17) is 0 Å². The molecule has 0 saturated carbocycles. The highest BCUT2D eigenvalue weighted by molar-refractivity contribution is 4.75. The Balaban J connectivity index is 0.00000146. The van der Waals surface area contributed by atoms with E-state index >= 15 is 0 Å². The largest absolute Gasteiger partial charge is 0.304 e. The summed E-state index contributed by atoms with van der Waals surface area (Å²) in [6.45, 7) is 23.0. The molecule has 3 nitrogen and oxygen atoms in total. The summed E-state index contributed by atoms with van der Waals surface area (Å²) in [6, 6.07) is 0. The normalized spacial score (nSPS) is 20.3. The number of hydrogen-bond acceptors (Lipinski definition) is 3. The van der Waals surface area contributed by atoms with E-state index in [2.05, 4.69) is 35.6 Å². The molecule has 0 aromatic rings. The van der Waals surface area contributed by atoms with Gasteiger partial charge in [-0.25, -0.2) is 0 Å². The zero-order valence-corrected chi connectivity index (χ0v) is 19.4. The Labute approximate surface area is 166 Å². The van der Waals surface area contributed by atoms with Gasteiger partial charge in [-0.2, -0.15) is 0 Å². The maximum atomic E-state index is 2.71. The lowest BCUT2D eigenvalue weighted by atomic mass is 9.90. The van der Waals surface area contributed by atoms with Gasteiger partial charge in [-0.15, -0.1) is 0 Å². The minimum absolute atomic E-state index is 0.886. The van der Waals surface area contributed by atoms with Crippen LogP contribution in [0, 0.1) is 11.8 Å². The molecule has 0 aliphatic carbocycles. The molecule has 0 bridgehead atoms. The first-order valence-corrected chi connectivity index (χ1v) is 11.8. The molecule has 0 amide bonds. The van der Waals surface area contributed by atoms with Crippen LogP contribution < -0.4 is 0 Å². The Bertz CT molecular complexity index is 277. The Morgan fingerprint density at radius 2 is 1.23 bits per heavy atom. The van der Waals surface area contributed by atoms with Crippen LogP contribution in [0.25, 0.3) is 0 Å². The highest BCUT2D eigenvalue weighted by atomic mass is 15.3. The highest BCUT2D eigenvalue weighted by Crippen LogP contribution is 2.23. The summed E-state index contributed by atoms with van der Waals surface area (Å²) in [5.74, 6) is 1.91. The first-order chi connectivity index (χ1) is 12.6. The van der Waals surface area contributed by atoms with Crippen LogP contribution in [0.3, 0.4) is 0 Å². The number of hydrogen-bond donors (Lipinski definition) is 0. The summed E-state index contributed by atoms with van der Waals surface area (Å²) < 4.78 is 0. The second-order valence-corrected chi connectivity index (χ2v) is 8.11. The van der Waals surface area contributed by atoms with Crippen molar-refractivity contribution in [3.8, 4) is 0 Å². The smallest absolute Gasteiger partial charge is 0.0110 e. The van der Waals surface area contributed by atoms with Crippen molar-refractivity contribution in [2.45, 2.75) is 80.1 Å². The first kappa shape index (κ1) is 25.9. The second kappa shape index (κ2) is 17.0. The van der Waals surface area contributed by atoms with E-state index < -0.39 is 0 Å². The molecule has 0 spiro atoms. The number of piperidine rings is 1. The molecule has 2 aliphatic heterocycles. The second-order valence-electron chi connectivity index (χ2n) is 8.11. The molecule has 26 heavy (non-hydrogen) atoms. The Morgan fingerprint density at radius 1 is 0.731 bits per heavy atom. The van der Waals surface area contributed by atoms with Crippen LogP contribution >= 0.6 is 0 Å². The van der Waals surface area contributed by atoms with E-state index in [1.165, 1.54) is 90.9 Å². The zero-order chi connectivity index (χ0) is 19.8. The summed E-state index contributed by atoms with van der Waals surface area (Å²) in [4.78, 5) is 7.81. The third-order valence-corrected chi connectivity index (χ3v) is 5.68. The van der Waals surface area contributed by atoms with Crippen LogP contribution in [-0.2, 0) is 0 Å². The maximum absolute atomic E-state index is 2.71. The van der Waals surface area contributed by atoms with Crippen LogP contribution in [0.1, 0.15) is 80.1 Å². The molecular formula is C23H51N3. The zero-order valence-electron chi connectivity index (χ0n) is 19.4. The fourth-order valence-electron chi connectivity index (χ4n) is 3.84. The van der Waals surface area contributed by atoms with Crippen LogP contribution in [0.15, 0.2) is 0 Å². The molecule has 2 heterocycles. The van der Waals surface area contributed by atoms with E-state index in [0.717, 1.165) is 11.8 Å². The minimum Gasteiger partial charge on any atom is -0.304 e. The predicted molar refractivity (Wildman–Crippen MR) is 119 cm³/mol. The van der Waals surface area contributed by atoms with Crippen molar-refractivity contribution in [1.29, 1.82) is 0 Å². The summed E-state index contributed by atoms with van der Waals surface area (Å²) >= 11 is 0. The fourth-order valence-corrected chi connectivity index (χ4v) is 3.84. The van der Waals surface area contributed by atoms with Gasteiger partial charge in [-0.3, -0.25) is 4.90 Å². The van der Waals surface area contributed by atoms with Crippen molar-refractivity contribution in [3.05, 3.63) is 0 Å². The van der Waals surface area contributed by atoms with E-state index in [-0.39, 0.29) is 0 Å². The van der Waals surface area contributed by atoms with Crippen molar-refractivity contribution in [2.75, 3.05) is 59.4 Å². The summed E-state index contributed by atoms with van der Waals surface area (Å²) in [5, 5.41) is 0. The number of likely N-dealkylation sites (N-methyl/N-ethyl adjacent to an activating group) is 1. The maximum Gasteiger partial charge on any atom is 0.0110 e. The lowest BCUT2D eigenvalue weighted by molar-refractivity contribution is 0.118. The van der Waals surface area contributed by atoms with Gasteiger partial charge >= 0.3 is 0 Å². The first-order valence-electron chi connectivity index (χ1n) is 11.8. The molecule has 158 valence electrons. The quantitative estimate of drug-likeness (QED) is 0.543. The standard InChI is InChI=1S/C19H39N3.2C2H6/c1-18(2)6-4-5-7-19-8-10-21(11-9-19)16-17-22-14-12-20(3)13-15-22;2*1-2/h18-19H,4-17H2,1-3H3;2*1-2H3. The lowest BCUT2D eigenvalue weighted by Crippen LogP contribution is -2.47. The molecule has 3 heteroatoms. The molecule has 2 aliphatic rings. The van der Waals surface area contributed by atoms with Gasteiger partial charge in [0.1, 0.15) is 0 Å². The third kappa shape index (κ3) is 12.3. The number of rotatable bonds is 8. The molecule has 2 fully saturated rings. The van der Waals surface area contributed by atoms with Crippen LogP contribution in [-0.4, -0.2) is 74.1 Å². The van der Waals surface area contributed by atoms with Crippen molar-refractivity contribution in [3.63, 3.8) is 0 Å². The van der Waals surface area contributed by atoms with Crippen LogP contribution in [0.5, 0.6) is 0 Å². The van der Waals surface area contributed by atoms with E-state index in [0.29, 0.717) is 0 Å². The fraction of sp³-hybridized carbons (Fsp3) is 1.00. The molecule has 2 rings (SSSR count). The SMILES string of the molecule is CC.CC.CC(C)CCCCC1CCN(CCN2CCN(C)CC2)CC1. The Hall–Kier alpha value is -0.120. The topological polar surface area (TPSA) is 9.72 Å². The number of nitrogens with zero attached hydrogens (tertiary/aromatic N) is 3. The van der Waals surface area contributed by atoms with Gasteiger partial charge < -0.3 is 9.80 Å². The number of likely N-dealkylation sites (tertiary alicyclic amines) is 1. The number of unbranched alkanes of at least 4 members (excludes halogenated alkanes) is 1. The molecule has 0 unspecified atom stereocenters. The monoisotopic (exact) mass is 369 g/mol. The molecule has 0 N–H and O–H groups in total. The average molecular weight is 370 g/mol. The van der Waals surface area contributed by atoms with E-state index in [1.54, 1.807) is 0 Å². The Kier molecular flexibility index (Phi) is 16.9. The Morgan fingerprint density at radius 3 is 1.73 bits per heavy atom. The van der Waals surface area contributed by atoms with Crippen molar-refractivity contribution in [1.82, 2.24) is 14.7 Å². The summed E-state index contributed by atoms with van der Waals surface area (Å²) in [7, 11) is 2.24. The predicted octanol–water partition coefficient (Wildman–Crippen LogP) is 5.21. The highest BCUT2D eigenvalue weighted by Gasteiger charge is 2.20. The van der Waals surface area contributed by atoms with E-state index in [9.17, 15) is 0 Å². The number of piperazine rings is 1. The third-order valence-electron chi connectivity index (χ3n) is 5.68. The molecule has 0 aromatic heterocycles. The van der Waals surface area contributed by atoms with Gasteiger partial charge in [0.05, 0.1) is 0 Å². The van der Waals surface area contributed by atoms with Crippen molar-refractivity contribution >= 4 is 0 Å². The molecule has 0 aromatic carbocycles. The van der Waals surface area contributed by atoms with Gasteiger partial charge in [0, 0.05) is 39.3 Å². The van der Waals surface area contributed by atoms with Gasteiger partial charge in [0.15, 0.2) is 0 Å². The molecular weight excluding hydrogens is 318 g/mol. The molecule has 0 atom stereocenters. The minimum atomic E-state index is 0.886. The van der Waals surface area contributed by atoms with Gasteiger partial charge in [0.25, 0.3) is 0 Å². The summed E-state index contributed by atoms with van der Waals surface area (Å²) in [6.07, 6.45) is 8.71. The van der Waals surface area contributed by atoms with Crippen LogP contribution in [0.2, 0.25) is 0 Å². The molecule has 0 radical (unpaired) electrons. The lowest BCUT2D eigenvalue weighted by Gasteiger charge is -2.36. The van der Waals surface area contributed by atoms with E-state index in [1.807, 2.05) is 27.7 Å². The van der Waals surface area contributed by atoms with Crippen molar-refractivity contribution in [2.24, 2.45) is 11.8 Å².